The first-order valence-corrected chi connectivity index (χ1v) is 4.56. The highest BCUT2D eigenvalue weighted by molar-refractivity contribution is 5.45. The van der Waals surface area contributed by atoms with Gasteiger partial charge in [-0.05, 0) is 18.8 Å². The van der Waals surface area contributed by atoms with E-state index in [-0.39, 0.29) is 0 Å². The molecule has 1 atom stereocenters. The lowest BCUT2D eigenvalue weighted by molar-refractivity contribution is -0.109. The molecule has 2 heterocycles. The molecule has 1 aliphatic heterocycles. The SMILES string of the molecule is O=CNCC1CCn2cncc2C1. The van der Waals surface area contributed by atoms with Crippen molar-refractivity contribution in [3.8, 4) is 0 Å². The first-order chi connectivity index (χ1) is 6.40. The Morgan fingerprint density at radius 2 is 2.69 bits per heavy atom. The molecular weight excluding hydrogens is 166 g/mol. The predicted octanol–water partition coefficient (Wildman–Crippen LogP) is 0.191. The first kappa shape index (κ1) is 8.29. The van der Waals surface area contributed by atoms with Crippen LogP contribution in [0.4, 0.5) is 0 Å². The Balaban J connectivity index is 1.96. The van der Waals surface area contributed by atoms with Gasteiger partial charge in [-0.3, -0.25) is 4.79 Å². The molecule has 0 radical (unpaired) electrons. The normalized spacial score (nSPS) is 20.8. The highest BCUT2D eigenvalue weighted by Gasteiger charge is 2.17. The summed E-state index contributed by atoms with van der Waals surface area (Å²) in [6.45, 7) is 1.81. The van der Waals surface area contributed by atoms with Crippen molar-refractivity contribution in [3.63, 3.8) is 0 Å². The molecule has 0 saturated heterocycles. The number of amides is 1. The van der Waals surface area contributed by atoms with E-state index in [0.717, 1.165) is 32.3 Å². The second-order valence-electron chi connectivity index (χ2n) is 3.46. The zero-order chi connectivity index (χ0) is 9.10. The van der Waals surface area contributed by atoms with Gasteiger partial charge in [-0.25, -0.2) is 4.98 Å². The highest BCUT2D eigenvalue weighted by Crippen LogP contribution is 2.18. The maximum Gasteiger partial charge on any atom is 0.207 e. The minimum absolute atomic E-state index is 0.578. The van der Waals surface area contributed by atoms with Crippen LogP contribution >= 0.6 is 0 Å². The molecule has 2 rings (SSSR count). The average molecular weight is 179 g/mol. The Labute approximate surface area is 77.0 Å². The van der Waals surface area contributed by atoms with E-state index in [2.05, 4.69) is 14.9 Å². The molecule has 0 fully saturated rings. The molecule has 0 aromatic carbocycles. The maximum atomic E-state index is 10.1. The third-order valence-corrected chi connectivity index (χ3v) is 2.56. The lowest BCUT2D eigenvalue weighted by Gasteiger charge is -2.22. The number of carbonyl (C=O) groups excluding carboxylic acids is 1. The van der Waals surface area contributed by atoms with Crippen molar-refractivity contribution in [2.45, 2.75) is 19.4 Å². The van der Waals surface area contributed by atoms with Crippen LogP contribution in [0.3, 0.4) is 0 Å². The van der Waals surface area contributed by atoms with Crippen molar-refractivity contribution >= 4 is 6.41 Å². The molecule has 70 valence electrons. The van der Waals surface area contributed by atoms with Crippen molar-refractivity contribution in [1.82, 2.24) is 14.9 Å². The van der Waals surface area contributed by atoms with Crippen molar-refractivity contribution in [2.75, 3.05) is 6.54 Å². The fraction of sp³-hybridized carbons (Fsp3) is 0.556. The van der Waals surface area contributed by atoms with Crippen LogP contribution in [0, 0.1) is 5.92 Å². The molecule has 4 nitrogen and oxygen atoms in total. The molecule has 0 spiro atoms. The zero-order valence-electron chi connectivity index (χ0n) is 7.44. The van der Waals surface area contributed by atoms with E-state index >= 15 is 0 Å². The van der Waals surface area contributed by atoms with Crippen molar-refractivity contribution in [2.24, 2.45) is 5.92 Å². The van der Waals surface area contributed by atoms with Crippen LogP contribution in [0.15, 0.2) is 12.5 Å². The van der Waals surface area contributed by atoms with Crippen molar-refractivity contribution < 1.29 is 4.79 Å². The molecule has 1 aromatic heterocycles. The van der Waals surface area contributed by atoms with Gasteiger partial charge in [0.2, 0.25) is 6.41 Å². The fourth-order valence-corrected chi connectivity index (χ4v) is 1.83. The zero-order valence-corrected chi connectivity index (χ0v) is 7.44. The lowest BCUT2D eigenvalue weighted by Crippen LogP contribution is -2.28. The molecule has 1 amide bonds. The minimum Gasteiger partial charge on any atom is -0.358 e. The standard InChI is InChI=1S/C9H13N3O/c13-7-11-4-8-1-2-12-6-10-5-9(12)3-8/h5-8H,1-4H2,(H,11,13). The Morgan fingerprint density at radius 1 is 1.77 bits per heavy atom. The van der Waals surface area contributed by atoms with Crippen LogP contribution in [-0.2, 0) is 17.8 Å². The van der Waals surface area contributed by atoms with E-state index in [4.69, 9.17) is 0 Å². The maximum absolute atomic E-state index is 10.1. The molecule has 1 aromatic rings. The number of hydrogen-bond donors (Lipinski definition) is 1. The third-order valence-electron chi connectivity index (χ3n) is 2.56. The molecule has 0 bridgehead atoms. The Kier molecular flexibility index (Phi) is 2.29. The first-order valence-electron chi connectivity index (χ1n) is 4.56. The molecule has 0 saturated carbocycles. The molecule has 0 aliphatic carbocycles. The lowest BCUT2D eigenvalue weighted by atomic mass is 9.96. The number of rotatable bonds is 3. The van der Waals surface area contributed by atoms with E-state index in [9.17, 15) is 4.79 Å². The number of nitrogens with one attached hydrogen (secondary N) is 1. The second kappa shape index (κ2) is 3.60. The summed E-state index contributed by atoms with van der Waals surface area (Å²) in [5.74, 6) is 0.578. The van der Waals surface area contributed by atoms with Gasteiger partial charge in [0.1, 0.15) is 0 Å². The van der Waals surface area contributed by atoms with Gasteiger partial charge in [0.25, 0.3) is 0 Å². The molecule has 1 aliphatic rings. The number of aromatic nitrogens is 2. The summed E-state index contributed by atoms with van der Waals surface area (Å²) in [5, 5.41) is 2.73. The Morgan fingerprint density at radius 3 is 3.54 bits per heavy atom. The number of carbonyl (C=O) groups is 1. The Bertz CT molecular complexity index is 295. The van der Waals surface area contributed by atoms with Crippen LogP contribution in [0.1, 0.15) is 12.1 Å². The van der Waals surface area contributed by atoms with Gasteiger partial charge >= 0.3 is 0 Å². The van der Waals surface area contributed by atoms with Crippen molar-refractivity contribution in [1.29, 1.82) is 0 Å². The van der Waals surface area contributed by atoms with Gasteiger partial charge in [-0.1, -0.05) is 0 Å². The Hall–Kier alpha value is -1.32. The largest absolute Gasteiger partial charge is 0.358 e. The number of fused-ring (bicyclic) bond motifs is 1. The van der Waals surface area contributed by atoms with Crippen LogP contribution in [0.5, 0.6) is 0 Å². The summed E-state index contributed by atoms with van der Waals surface area (Å²) >= 11 is 0. The summed E-state index contributed by atoms with van der Waals surface area (Å²) in [6.07, 6.45) is 6.71. The monoisotopic (exact) mass is 179 g/mol. The molecular formula is C9H13N3O. The van der Waals surface area contributed by atoms with Gasteiger partial charge in [0, 0.05) is 25.0 Å². The van der Waals surface area contributed by atoms with E-state index in [1.807, 2.05) is 12.5 Å². The summed E-state index contributed by atoms with van der Waals surface area (Å²) < 4.78 is 2.18. The van der Waals surface area contributed by atoms with Crippen LogP contribution in [0.2, 0.25) is 0 Å². The van der Waals surface area contributed by atoms with Crippen LogP contribution in [-0.4, -0.2) is 22.5 Å². The van der Waals surface area contributed by atoms with Gasteiger partial charge in [0.15, 0.2) is 0 Å². The summed E-state index contributed by atoms with van der Waals surface area (Å²) in [7, 11) is 0. The smallest absolute Gasteiger partial charge is 0.207 e. The van der Waals surface area contributed by atoms with Crippen LogP contribution in [0.25, 0.3) is 0 Å². The fourth-order valence-electron chi connectivity index (χ4n) is 1.83. The van der Waals surface area contributed by atoms with E-state index in [0.29, 0.717) is 5.92 Å². The summed E-state index contributed by atoms with van der Waals surface area (Å²) in [4.78, 5) is 14.2. The molecule has 4 heteroatoms. The summed E-state index contributed by atoms with van der Waals surface area (Å²) in [5.41, 5.74) is 1.28. The molecule has 1 unspecified atom stereocenters. The average Bonchev–Trinajstić information content (AvgIpc) is 2.61. The number of imidazole rings is 1. The van der Waals surface area contributed by atoms with Crippen LogP contribution < -0.4 is 5.32 Å². The predicted molar refractivity (Wildman–Crippen MR) is 48.1 cm³/mol. The van der Waals surface area contributed by atoms with E-state index in [1.165, 1.54) is 5.69 Å². The van der Waals surface area contributed by atoms with E-state index < -0.39 is 0 Å². The number of aryl methyl sites for hydroxylation is 1. The van der Waals surface area contributed by atoms with E-state index in [1.54, 1.807) is 0 Å². The third kappa shape index (κ3) is 1.71. The van der Waals surface area contributed by atoms with Gasteiger partial charge in [0.05, 0.1) is 6.33 Å². The quantitative estimate of drug-likeness (QED) is 0.673. The minimum atomic E-state index is 0.578. The highest BCUT2D eigenvalue weighted by atomic mass is 16.1. The topological polar surface area (TPSA) is 46.9 Å². The number of nitrogens with zero attached hydrogens (tertiary/aromatic N) is 2. The molecule has 13 heavy (non-hydrogen) atoms. The van der Waals surface area contributed by atoms with Gasteiger partial charge in [-0.15, -0.1) is 0 Å². The van der Waals surface area contributed by atoms with Gasteiger partial charge in [-0.2, -0.15) is 0 Å². The molecule has 1 N–H and O–H groups in total. The summed E-state index contributed by atoms with van der Waals surface area (Å²) in [6, 6.07) is 0. The van der Waals surface area contributed by atoms with Crippen molar-refractivity contribution in [3.05, 3.63) is 18.2 Å². The number of hydrogen-bond acceptors (Lipinski definition) is 2. The van der Waals surface area contributed by atoms with Gasteiger partial charge < -0.3 is 9.88 Å². The second-order valence-corrected chi connectivity index (χ2v) is 3.46.